The molecule has 70 valence electrons. The van der Waals surface area contributed by atoms with Crippen LogP contribution in [0.15, 0.2) is 24.3 Å². The first-order chi connectivity index (χ1) is 6.85. The number of nitriles is 1. The summed E-state index contributed by atoms with van der Waals surface area (Å²) in [5.41, 5.74) is 1.50. The van der Waals surface area contributed by atoms with Gasteiger partial charge in [-0.15, -0.1) is 0 Å². The van der Waals surface area contributed by atoms with E-state index in [2.05, 4.69) is 6.07 Å². The molecule has 0 spiro atoms. The lowest BCUT2D eigenvalue weighted by Crippen LogP contribution is -1.92. The van der Waals surface area contributed by atoms with Gasteiger partial charge in [0.2, 0.25) is 6.79 Å². The van der Waals surface area contributed by atoms with Gasteiger partial charge in [-0.05, 0) is 30.7 Å². The van der Waals surface area contributed by atoms with Crippen LogP contribution in [0.25, 0.3) is 5.57 Å². The summed E-state index contributed by atoms with van der Waals surface area (Å²) >= 11 is 0. The lowest BCUT2D eigenvalue weighted by atomic mass is 10.1. The molecule has 3 nitrogen and oxygen atoms in total. The third kappa shape index (κ3) is 1.31. The maximum atomic E-state index is 8.84. The number of allylic oxidation sites excluding steroid dienone is 2. The second-order valence-electron chi connectivity index (χ2n) is 2.88. The summed E-state index contributed by atoms with van der Waals surface area (Å²) in [5.74, 6) is 1.44. The van der Waals surface area contributed by atoms with Crippen molar-refractivity contribution in [2.24, 2.45) is 0 Å². The summed E-state index contributed by atoms with van der Waals surface area (Å²) in [6, 6.07) is 7.62. The van der Waals surface area contributed by atoms with Gasteiger partial charge in [0.1, 0.15) is 0 Å². The molecule has 0 atom stereocenters. The van der Waals surface area contributed by atoms with Crippen molar-refractivity contribution in [2.75, 3.05) is 6.79 Å². The van der Waals surface area contributed by atoms with E-state index >= 15 is 0 Å². The average molecular weight is 187 g/mol. The van der Waals surface area contributed by atoms with Gasteiger partial charge >= 0.3 is 0 Å². The lowest BCUT2D eigenvalue weighted by molar-refractivity contribution is 0.174. The molecule has 0 saturated heterocycles. The van der Waals surface area contributed by atoms with Crippen molar-refractivity contribution >= 4 is 5.57 Å². The molecule has 1 aromatic carbocycles. The van der Waals surface area contributed by atoms with E-state index in [1.54, 1.807) is 6.08 Å². The fourth-order valence-electron chi connectivity index (χ4n) is 1.36. The summed E-state index contributed by atoms with van der Waals surface area (Å²) in [6.07, 6.45) is 1.78. The van der Waals surface area contributed by atoms with E-state index in [-0.39, 0.29) is 6.79 Å². The summed E-state index contributed by atoms with van der Waals surface area (Å²) < 4.78 is 10.4. The second-order valence-corrected chi connectivity index (χ2v) is 2.88. The maximum absolute atomic E-state index is 8.84. The topological polar surface area (TPSA) is 42.2 Å². The molecule has 1 aliphatic heterocycles. The molecule has 3 heteroatoms. The predicted octanol–water partition coefficient (Wildman–Crippen LogP) is 2.34. The van der Waals surface area contributed by atoms with Crippen molar-refractivity contribution in [3.05, 3.63) is 29.8 Å². The number of rotatable bonds is 1. The monoisotopic (exact) mass is 187 g/mol. The number of benzene rings is 1. The Morgan fingerprint density at radius 2 is 2.21 bits per heavy atom. The fourth-order valence-corrected chi connectivity index (χ4v) is 1.36. The highest BCUT2D eigenvalue weighted by molar-refractivity contribution is 5.77. The SMILES string of the molecule is CC=C(C#N)c1ccc2c(c1)OCO2. The molecule has 0 bridgehead atoms. The summed E-state index contributed by atoms with van der Waals surface area (Å²) in [7, 11) is 0. The van der Waals surface area contributed by atoms with Crippen LogP contribution in [0.1, 0.15) is 12.5 Å². The molecule has 0 aliphatic carbocycles. The minimum Gasteiger partial charge on any atom is -0.454 e. The Bertz CT molecular complexity index is 429. The fraction of sp³-hybridized carbons (Fsp3) is 0.182. The van der Waals surface area contributed by atoms with Crippen LogP contribution >= 0.6 is 0 Å². The minimum absolute atomic E-state index is 0.260. The Morgan fingerprint density at radius 3 is 2.93 bits per heavy atom. The van der Waals surface area contributed by atoms with Crippen LogP contribution in [-0.4, -0.2) is 6.79 Å². The minimum atomic E-state index is 0.260. The zero-order chi connectivity index (χ0) is 9.97. The van der Waals surface area contributed by atoms with Crippen molar-refractivity contribution in [3.63, 3.8) is 0 Å². The van der Waals surface area contributed by atoms with Gasteiger partial charge in [0.25, 0.3) is 0 Å². The predicted molar refractivity (Wildman–Crippen MR) is 51.8 cm³/mol. The molecule has 0 unspecified atom stereocenters. The number of ether oxygens (including phenoxy) is 2. The third-order valence-electron chi connectivity index (χ3n) is 2.09. The van der Waals surface area contributed by atoms with Gasteiger partial charge in [0.15, 0.2) is 11.5 Å². The molecule has 0 N–H and O–H groups in total. The molecule has 2 rings (SSSR count). The largest absolute Gasteiger partial charge is 0.454 e. The molecular weight excluding hydrogens is 178 g/mol. The average Bonchev–Trinajstić information content (AvgIpc) is 2.66. The Morgan fingerprint density at radius 1 is 1.43 bits per heavy atom. The Balaban J connectivity index is 2.43. The molecule has 0 fully saturated rings. The number of nitrogens with zero attached hydrogens (tertiary/aromatic N) is 1. The van der Waals surface area contributed by atoms with Crippen molar-refractivity contribution < 1.29 is 9.47 Å². The van der Waals surface area contributed by atoms with E-state index in [1.165, 1.54) is 0 Å². The van der Waals surface area contributed by atoms with E-state index in [0.29, 0.717) is 11.3 Å². The molecule has 1 heterocycles. The van der Waals surface area contributed by atoms with E-state index < -0.39 is 0 Å². The highest BCUT2D eigenvalue weighted by atomic mass is 16.7. The molecule has 0 aromatic heterocycles. The highest BCUT2D eigenvalue weighted by Gasteiger charge is 2.13. The van der Waals surface area contributed by atoms with Crippen molar-refractivity contribution in [2.45, 2.75) is 6.92 Å². The first-order valence-corrected chi connectivity index (χ1v) is 4.31. The zero-order valence-corrected chi connectivity index (χ0v) is 7.78. The summed E-state index contributed by atoms with van der Waals surface area (Å²) in [6.45, 7) is 2.10. The lowest BCUT2D eigenvalue weighted by Gasteiger charge is -2.00. The first kappa shape index (κ1) is 8.64. The van der Waals surface area contributed by atoms with E-state index in [1.807, 2.05) is 25.1 Å². The summed E-state index contributed by atoms with van der Waals surface area (Å²) in [5, 5.41) is 8.84. The van der Waals surface area contributed by atoms with Crippen LogP contribution in [0, 0.1) is 11.3 Å². The van der Waals surface area contributed by atoms with E-state index in [4.69, 9.17) is 14.7 Å². The third-order valence-corrected chi connectivity index (χ3v) is 2.09. The molecule has 0 saturated carbocycles. The zero-order valence-electron chi connectivity index (χ0n) is 7.78. The van der Waals surface area contributed by atoms with Crippen LogP contribution in [0.4, 0.5) is 0 Å². The van der Waals surface area contributed by atoms with Gasteiger partial charge in [0.05, 0.1) is 11.6 Å². The Labute approximate surface area is 82.2 Å². The normalized spacial score (nSPS) is 13.9. The van der Waals surface area contributed by atoms with Crippen LogP contribution in [0.3, 0.4) is 0 Å². The molecule has 0 amide bonds. The number of fused-ring (bicyclic) bond motifs is 1. The maximum Gasteiger partial charge on any atom is 0.231 e. The van der Waals surface area contributed by atoms with Gasteiger partial charge in [-0.1, -0.05) is 6.08 Å². The van der Waals surface area contributed by atoms with Gasteiger partial charge in [0, 0.05) is 0 Å². The van der Waals surface area contributed by atoms with Gasteiger partial charge in [-0.25, -0.2) is 0 Å². The van der Waals surface area contributed by atoms with Gasteiger partial charge in [-0.2, -0.15) is 5.26 Å². The standard InChI is InChI=1S/C11H9NO2/c1-2-8(6-12)9-3-4-10-11(5-9)14-7-13-10/h2-5H,7H2,1H3. The Kier molecular flexibility index (Phi) is 2.11. The summed E-state index contributed by atoms with van der Waals surface area (Å²) in [4.78, 5) is 0. The first-order valence-electron chi connectivity index (χ1n) is 4.31. The number of hydrogen-bond donors (Lipinski definition) is 0. The molecular formula is C11H9NO2. The van der Waals surface area contributed by atoms with E-state index in [0.717, 1.165) is 11.3 Å². The van der Waals surface area contributed by atoms with Crippen molar-refractivity contribution in [1.82, 2.24) is 0 Å². The smallest absolute Gasteiger partial charge is 0.231 e. The van der Waals surface area contributed by atoms with Crippen LogP contribution in [0.2, 0.25) is 0 Å². The van der Waals surface area contributed by atoms with Crippen LogP contribution in [-0.2, 0) is 0 Å². The molecule has 14 heavy (non-hydrogen) atoms. The number of hydrogen-bond acceptors (Lipinski definition) is 3. The van der Waals surface area contributed by atoms with E-state index in [9.17, 15) is 0 Å². The van der Waals surface area contributed by atoms with Gasteiger partial charge < -0.3 is 9.47 Å². The second kappa shape index (κ2) is 3.43. The van der Waals surface area contributed by atoms with Crippen molar-refractivity contribution in [3.8, 4) is 17.6 Å². The molecule has 0 radical (unpaired) electrons. The van der Waals surface area contributed by atoms with Crippen molar-refractivity contribution in [1.29, 1.82) is 5.26 Å². The van der Waals surface area contributed by atoms with Crippen LogP contribution < -0.4 is 9.47 Å². The van der Waals surface area contributed by atoms with Crippen LogP contribution in [0.5, 0.6) is 11.5 Å². The molecule has 1 aromatic rings. The Hall–Kier alpha value is -1.95. The highest BCUT2D eigenvalue weighted by Crippen LogP contribution is 2.34. The molecule has 1 aliphatic rings. The van der Waals surface area contributed by atoms with Gasteiger partial charge in [-0.3, -0.25) is 0 Å². The quantitative estimate of drug-likeness (QED) is 0.634.